The molecule has 0 saturated carbocycles. The number of amides is 2. The average molecular weight is 510 g/mol. The number of carbonyl (C=O) groups is 4. The Hall–Kier alpha value is -3.39. The van der Waals surface area contributed by atoms with Gasteiger partial charge < -0.3 is 4.74 Å². The van der Waals surface area contributed by atoms with E-state index in [1.54, 1.807) is 36.4 Å². The van der Waals surface area contributed by atoms with E-state index in [9.17, 15) is 23.6 Å². The van der Waals surface area contributed by atoms with Crippen molar-refractivity contribution >= 4 is 52.3 Å². The number of ether oxygens (including phenoxy) is 1. The van der Waals surface area contributed by atoms with Gasteiger partial charge in [0.05, 0.1) is 28.6 Å². The Balaban J connectivity index is 1.54. The third kappa shape index (κ3) is 2.86. The van der Waals surface area contributed by atoms with Crippen LogP contribution in [0.1, 0.15) is 32.4 Å². The molecule has 2 amide bonds. The summed E-state index contributed by atoms with van der Waals surface area (Å²) in [5.41, 5.74) is -1.39. The van der Waals surface area contributed by atoms with Gasteiger partial charge in [-0.15, -0.1) is 0 Å². The molecular formula is C26H14Cl2FNO5. The summed E-state index contributed by atoms with van der Waals surface area (Å²) in [6, 6.07) is 16.1. The first-order valence-electron chi connectivity index (χ1n) is 10.7. The molecule has 3 unspecified atom stereocenters. The van der Waals surface area contributed by atoms with E-state index < -0.39 is 52.7 Å². The van der Waals surface area contributed by atoms with E-state index in [0.717, 1.165) is 17.0 Å². The van der Waals surface area contributed by atoms with E-state index >= 15 is 0 Å². The number of fused-ring (bicyclic) bond motifs is 3. The number of imide groups is 1. The van der Waals surface area contributed by atoms with E-state index in [-0.39, 0.29) is 21.8 Å². The molecule has 6 nitrogen and oxygen atoms in total. The molecule has 9 heteroatoms. The molecule has 2 fully saturated rings. The van der Waals surface area contributed by atoms with Crippen molar-refractivity contribution < 1.29 is 28.3 Å². The van der Waals surface area contributed by atoms with Crippen molar-refractivity contribution in [2.75, 3.05) is 4.90 Å². The van der Waals surface area contributed by atoms with Crippen molar-refractivity contribution in [2.45, 2.75) is 11.7 Å². The molecule has 2 heterocycles. The van der Waals surface area contributed by atoms with Crippen LogP contribution in [0.2, 0.25) is 10.0 Å². The SMILES string of the molecule is O=C1C2C(c3ccc(Cl)cc3)OC3(C(=O)c4ccccc4C3=O)C2C(=O)N1c1ccc(F)c(Cl)c1. The third-order valence-electron chi connectivity index (χ3n) is 6.88. The van der Waals surface area contributed by atoms with Crippen molar-refractivity contribution in [1.29, 1.82) is 0 Å². The topological polar surface area (TPSA) is 80.8 Å². The normalized spacial score (nSPS) is 24.4. The number of halogens is 3. The maximum atomic E-state index is 13.8. The fourth-order valence-corrected chi connectivity index (χ4v) is 5.65. The first-order valence-corrected chi connectivity index (χ1v) is 11.5. The summed E-state index contributed by atoms with van der Waals surface area (Å²) in [5, 5.41) is 0.163. The van der Waals surface area contributed by atoms with Crippen molar-refractivity contribution in [3.8, 4) is 0 Å². The molecule has 0 radical (unpaired) electrons. The molecule has 1 spiro atoms. The zero-order valence-electron chi connectivity index (χ0n) is 17.7. The van der Waals surface area contributed by atoms with Crippen molar-refractivity contribution in [1.82, 2.24) is 0 Å². The molecule has 0 aromatic heterocycles. The molecule has 2 aliphatic heterocycles. The summed E-state index contributed by atoms with van der Waals surface area (Å²) in [6.45, 7) is 0. The van der Waals surface area contributed by atoms with Gasteiger partial charge in [-0.25, -0.2) is 9.29 Å². The monoisotopic (exact) mass is 509 g/mol. The highest BCUT2D eigenvalue weighted by Crippen LogP contribution is 2.57. The molecule has 6 rings (SSSR count). The lowest BCUT2D eigenvalue weighted by Gasteiger charge is -2.27. The molecule has 3 aromatic rings. The highest BCUT2D eigenvalue weighted by Gasteiger charge is 2.74. The Morgan fingerprint density at radius 2 is 1.46 bits per heavy atom. The lowest BCUT2D eigenvalue weighted by atomic mass is 9.77. The zero-order chi connectivity index (χ0) is 24.6. The molecule has 3 aliphatic rings. The quantitative estimate of drug-likeness (QED) is 0.365. The van der Waals surface area contributed by atoms with Crippen LogP contribution in [0.15, 0.2) is 66.7 Å². The fraction of sp³-hybridized carbons (Fsp3) is 0.154. The van der Waals surface area contributed by atoms with E-state index in [0.29, 0.717) is 10.6 Å². The fourth-order valence-electron chi connectivity index (χ4n) is 5.35. The lowest BCUT2D eigenvalue weighted by Crippen LogP contribution is -2.51. The number of rotatable bonds is 2. The molecule has 0 N–H and O–H groups in total. The van der Waals surface area contributed by atoms with E-state index in [1.165, 1.54) is 18.2 Å². The highest BCUT2D eigenvalue weighted by molar-refractivity contribution is 6.37. The third-order valence-corrected chi connectivity index (χ3v) is 7.42. The number of benzene rings is 3. The zero-order valence-corrected chi connectivity index (χ0v) is 19.2. The summed E-state index contributed by atoms with van der Waals surface area (Å²) < 4.78 is 20.0. The molecule has 0 bridgehead atoms. The maximum Gasteiger partial charge on any atom is 0.241 e. The smallest absolute Gasteiger partial charge is 0.241 e. The number of nitrogens with zero attached hydrogens (tertiary/aromatic N) is 1. The van der Waals surface area contributed by atoms with Crippen molar-refractivity contribution in [3.05, 3.63) is 99.3 Å². The standard InChI is InChI=1S/C26H14Cl2FNO5/c27-13-7-5-12(6-8-13)21-19-20(25(34)30(24(19)33)14-9-10-18(29)17(28)11-14)26(35-21)22(31)15-3-1-2-4-16(15)23(26)32/h1-11,19-21H. The van der Waals surface area contributed by atoms with Crippen molar-refractivity contribution in [2.24, 2.45) is 11.8 Å². The molecule has 3 aromatic carbocycles. The first-order chi connectivity index (χ1) is 16.8. The van der Waals surface area contributed by atoms with Gasteiger partial charge in [0, 0.05) is 16.1 Å². The number of anilines is 1. The van der Waals surface area contributed by atoms with Gasteiger partial charge in [-0.1, -0.05) is 59.6 Å². The molecule has 35 heavy (non-hydrogen) atoms. The van der Waals surface area contributed by atoms with Gasteiger partial charge in [0.2, 0.25) is 29.0 Å². The average Bonchev–Trinajstić information content (AvgIpc) is 3.41. The Morgan fingerprint density at radius 1 is 0.829 bits per heavy atom. The van der Waals surface area contributed by atoms with Gasteiger partial charge in [0.15, 0.2) is 0 Å². The second kappa shape index (κ2) is 7.55. The van der Waals surface area contributed by atoms with E-state index in [1.807, 2.05) is 0 Å². The van der Waals surface area contributed by atoms with Crippen LogP contribution in [0.4, 0.5) is 10.1 Å². The van der Waals surface area contributed by atoms with Gasteiger partial charge in [-0.3, -0.25) is 19.2 Å². The van der Waals surface area contributed by atoms with Gasteiger partial charge >= 0.3 is 0 Å². The number of carbonyl (C=O) groups excluding carboxylic acids is 4. The van der Waals surface area contributed by atoms with Gasteiger partial charge in [0.1, 0.15) is 5.82 Å². The van der Waals surface area contributed by atoms with Crippen LogP contribution in [0, 0.1) is 17.7 Å². The van der Waals surface area contributed by atoms with Crippen LogP contribution in [0.25, 0.3) is 0 Å². The Bertz CT molecular complexity index is 1440. The van der Waals surface area contributed by atoms with Crippen LogP contribution in [-0.4, -0.2) is 29.0 Å². The second-order valence-electron chi connectivity index (χ2n) is 8.64. The summed E-state index contributed by atoms with van der Waals surface area (Å²) in [6.07, 6.45) is -1.07. The Kier molecular flexibility index (Phi) is 4.77. The minimum Gasteiger partial charge on any atom is -0.349 e. The summed E-state index contributed by atoms with van der Waals surface area (Å²) in [5.74, 6) is -6.08. The molecule has 3 atom stereocenters. The molecule has 174 valence electrons. The summed E-state index contributed by atoms with van der Waals surface area (Å²) in [7, 11) is 0. The van der Waals surface area contributed by atoms with Crippen molar-refractivity contribution in [3.63, 3.8) is 0 Å². The molecular weight excluding hydrogens is 496 g/mol. The number of hydrogen-bond acceptors (Lipinski definition) is 5. The highest BCUT2D eigenvalue weighted by atomic mass is 35.5. The lowest BCUT2D eigenvalue weighted by molar-refractivity contribution is -0.127. The Morgan fingerprint density at radius 3 is 2.06 bits per heavy atom. The molecule has 2 saturated heterocycles. The minimum absolute atomic E-state index is 0.0428. The summed E-state index contributed by atoms with van der Waals surface area (Å²) in [4.78, 5) is 55.7. The second-order valence-corrected chi connectivity index (χ2v) is 9.49. The largest absolute Gasteiger partial charge is 0.349 e. The predicted molar refractivity (Wildman–Crippen MR) is 124 cm³/mol. The van der Waals surface area contributed by atoms with Gasteiger partial charge in [0.25, 0.3) is 0 Å². The molecule has 1 aliphatic carbocycles. The van der Waals surface area contributed by atoms with Crippen LogP contribution in [0.3, 0.4) is 0 Å². The van der Waals surface area contributed by atoms with Crippen LogP contribution in [-0.2, 0) is 14.3 Å². The van der Waals surface area contributed by atoms with E-state index in [2.05, 4.69) is 0 Å². The number of Topliss-reactive ketones (excluding diaryl/α,β-unsaturated/α-hetero) is 2. The van der Waals surface area contributed by atoms with Crippen LogP contribution >= 0.6 is 23.2 Å². The van der Waals surface area contributed by atoms with E-state index in [4.69, 9.17) is 27.9 Å². The number of hydrogen-bond donors (Lipinski definition) is 0. The maximum absolute atomic E-state index is 13.8. The summed E-state index contributed by atoms with van der Waals surface area (Å²) >= 11 is 11.9. The number of ketones is 2. The first kappa shape index (κ1) is 22.1. The predicted octanol–water partition coefficient (Wildman–Crippen LogP) is 4.83. The van der Waals surface area contributed by atoms with Crippen LogP contribution in [0.5, 0.6) is 0 Å². The van der Waals surface area contributed by atoms with Gasteiger partial charge in [-0.05, 0) is 35.9 Å². The van der Waals surface area contributed by atoms with Gasteiger partial charge in [-0.2, -0.15) is 0 Å². The Labute approximate surface area is 208 Å². The van der Waals surface area contributed by atoms with Crippen LogP contribution < -0.4 is 4.90 Å². The minimum atomic E-state index is -2.19.